The van der Waals surface area contributed by atoms with Crippen LogP contribution in [0.25, 0.3) is 0 Å². The van der Waals surface area contributed by atoms with Crippen molar-refractivity contribution >= 4 is 5.69 Å². The molecule has 106 valence electrons. The molecule has 1 aromatic rings. The molecule has 4 heteroatoms. The summed E-state index contributed by atoms with van der Waals surface area (Å²) in [6, 6.07) is 7.99. The molecule has 0 saturated carbocycles. The average Bonchev–Trinajstić information content (AvgIpc) is 2.36. The zero-order chi connectivity index (χ0) is 13.9. The summed E-state index contributed by atoms with van der Waals surface area (Å²) in [7, 11) is 0. The van der Waals surface area contributed by atoms with Crippen LogP contribution in [0.2, 0.25) is 0 Å². The molecule has 0 amide bonds. The highest BCUT2D eigenvalue weighted by molar-refractivity contribution is 5.46. The molecule has 1 aromatic carbocycles. The van der Waals surface area contributed by atoms with E-state index >= 15 is 0 Å². The maximum atomic E-state index is 9.30. The van der Waals surface area contributed by atoms with Crippen LogP contribution in [0.1, 0.15) is 19.4 Å². The highest BCUT2D eigenvalue weighted by atomic mass is 16.5. The second kappa shape index (κ2) is 5.90. The van der Waals surface area contributed by atoms with E-state index < -0.39 is 0 Å². The maximum absolute atomic E-state index is 9.30. The minimum atomic E-state index is -0.201. The molecule has 0 aromatic heterocycles. The Balaban J connectivity index is 1.94. The first kappa shape index (κ1) is 14.3. The Kier molecular flexibility index (Phi) is 4.45. The van der Waals surface area contributed by atoms with Crippen LogP contribution >= 0.6 is 0 Å². The van der Waals surface area contributed by atoms with Gasteiger partial charge in [0.25, 0.3) is 0 Å². The van der Waals surface area contributed by atoms with Gasteiger partial charge in [-0.05, 0) is 31.9 Å². The van der Waals surface area contributed by atoms with E-state index in [1.54, 1.807) is 0 Å². The third kappa shape index (κ3) is 3.93. The number of rotatable bonds is 4. The molecule has 4 nitrogen and oxygen atoms in total. The highest BCUT2D eigenvalue weighted by Crippen LogP contribution is 2.21. The lowest BCUT2D eigenvalue weighted by atomic mass is 10.0. The van der Waals surface area contributed by atoms with Crippen molar-refractivity contribution in [2.45, 2.75) is 32.0 Å². The molecule has 1 unspecified atom stereocenters. The molecular formula is C15H24N2O2. The lowest BCUT2D eigenvalue weighted by Crippen LogP contribution is -2.54. The molecule has 0 radical (unpaired) electrons. The summed E-state index contributed by atoms with van der Waals surface area (Å²) in [6.45, 7) is 6.82. The van der Waals surface area contributed by atoms with E-state index in [9.17, 15) is 5.11 Å². The molecule has 1 aliphatic heterocycles. The Hall–Kier alpha value is -1.10. The fourth-order valence-corrected chi connectivity index (χ4v) is 2.72. The Morgan fingerprint density at radius 3 is 2.84 bits per heavy atom. The highest BCUT2D eigenvalue weighted by Gasteiger charge is 2.32. The fourth-order valence-electron chi connectivity index (χ4n) is 2.72. The number of anilines is 1. The first-order valence-corrected chi connectivity index (χ1v) is 6.84. The molecule has 1 atom stereocenters. The van der Waals surface area contributed by atoms with Crippen molar-refractivity contribution < 1.29 is 9.84 Å². The van der Waals surface area contributed by atoms with Crippen LogP contribution in [0.5, 0.6) is 0 Å². The Morgan fingerprint density at radius 1 is 1.42 bits per heavy atom. The van der Waals surface area contributed by atoms with Crippen molar-refractivity contribution in [3.8, 4) is 0 Å². The van der Waals surface area contributed by atoms with Gasteiger partial charge in [-0.15, -0.1) is 0 Å². The van der Waals surface area contributed by atoms with Gasteiger partial charge in [0.1, 0.15) is 0 Å². The van der Waals surface area contributed by atoms with Crippen LogP contribution < -0.4 is 5.73 Å². The first-order chi connectivity index (χ1) is 9.00. The van der Waals surface area contributed by atoms with Gasteiger partial charge in [-0.3, -0.25) is 4.90 Å². The molecule has 2 rings (SSSR count). The summed E-state index contributed by atoms with van der Waals surface area (Å²) in [5.74, 6) is 0. The number of aliphatic hydroxyl groups excluding tert-OH is 1. The number of hydrogen-bond donors (Lipinski definition) is 2. The number of benzene rings is 1. The number of aliphatic hydroxyl groups is 1. The number of morpholine rings is 1. The second-order valence-corrected chi connectivity index (χ2v) is 5.87. The van der Waals surface area contributed by atoms with Crippen molar-refractivity contribution in [3.05, 3.63) is 29.8 Å². The van der Waals surface area contributed by atoms with E-state index in [0.717, 1.165) is 31.7 Å². The molecule has 1 aliphatic rings. The van der Waals surface area contributed by atoms with Gasteiger partial charge in [-0.2, -0.15) is 0 Å². The first-order valence-electron chi connectivity index (χ1n) is 6.84. The zero-order valence-electron chi connectivity index (χ0n) is 11.8. The van der Waals surface area contributed by atoms with Crippen molar-refractivity contribution in [2.75, 3.05) is 32.0 Å². The monoisotopic (exact) mass is 264 g/mol. The fraction of sp³-hybridized carbons (Fsp3) is 0.600. The van der Waals surface area contributed by atoms with Crippen molar-refractivity contribution in [3.63, 3.8) is 0 Å². The van der Waals surface area contributed by atoms with Gasteiger partial charge in [0.15, 0.2) is 0 Å². The topological polar surface area (TPSA) is 58.7 Å². The molecule has 1 heterocycles. The van der Waals surface area contributed by atoms with Crippen LogP contribution in [0.15, 0.2) is 24.3 Å². The van der Waals surface area contributed by atoms with Crippen LogP contribution in [0, 0.1) is 0 Å². The lowest BCUT2D eigenvalue weighted by Gasteiger charge is -2.42. The van der Waals surface area contributed by atoms with Gasteiger partial charge in [0, 0.05) is 25.3 Å². The minimum Gasteiger partial charge on any atom is -0.399 e. The van der Waals surface area contributed by atoms with Gasteiger partial charge >= 0.3 is 0 Å². The molecule has 0 spiro atoms. The Bertz CT molecular complexity index is 420. The van der Waals surface area contributed by atoms with Crippen LogP contribution in [0.3, 0.4) is 0 Å². The van der Waals surface area contributed by atoms with Crippen molar-refractivity contribution in [2.24, 2.45) is 0 Å². The van der Waals surface area contributed by atoms with Crippen molar-refractivity contribution in [1.29, 1.82) is 0 Å². The number of hydrogen-bond acceptors (Lipinski definition) is 4. The second-order valence-electron chi connectivity index (χ2n) is 5.87. The predicted molar refractivity (Wildman–Crippen MR) is 77.0 cm³/mol. The number of nitrogens with two attached hydrogens (primary N) is 1. The molecule has 0 bridgehead atoms. The Morgan fingerprint density at radius 2 is 2.16 bits per heavy atom. The SMILES string of the molecule is CC1(C)CN(CCc2ccccc2N)CC(CO)O1. The molecule has 19 heavy (non-hydrogen) atoms. The molecule has 1 fully saturated rings. The minimum absolute atomic E-state index is 0.0768. The smallest absolute Gasteiger partial charge is 0.0940 e. The van der Waals surface area contributed by atoms with Crippen LogP contribution in [0.4, 0.5) is 5.69 Å². The van der Waals surface area contributed by atoms with Crippen molar-refractivity contribution in [1.82, 2.24) is 4.90 Å². The number of para-hydroxylation sites is 1. The normalized spacial score (nSPS) is 23.4. The standard InChI is InChI=1S/C15H24N2O2/c1-15(2)11-17(9-13(10-18)19-15)8-7-12-5-3-4-6-14(12)16/h3-6,13,18H,7-11,16H2,1-2H3. The molecule has 0 aliphatic carbocycles. The largest absolute Gasteiger partial charge is 0.399 e. The van der Waals surface area contributed by atoms with Crippen LogP contribution in [-0.4, -0.2) is 48.0 Å². The van der Waals surface area contributed by atoms with E-state index in [1.807, 2.05) is 18.2 Å². The summed E-state index contributed by atoms with van der Waals surface area (Å²) in [6.07, 6.45) is 0.845. The maximum Gasteiger partial charge on any atom is 0.0940 e. The Labute approximate surface area is 115 Å². The predicted octanol–water partition coefficient (Wildman–Crippen LogP) is 1.28. The van der Waals surface area contributed by atoms with E-state index in [1.165, 1.54) is 5.56 Å². The molecule has 3 N–H and O–H groups in total. The number of nitrogens with zero attached hydrogens (tertiary/aromatic N) is 1. The van der Waals surface area contributed by atoms with Gasteiger partial charge in [0.2, 0.25) is 0 Å². The summed E-state index contributed by atoms with van der Waals surface area (Å²) in [5.41, 5.74) is 7.80. The van der Waals surface area contributed by atoms with E-state index in [4.69, 9.17) is 10.5 Å². The van der Waals surface area contributed by atoms with E-state index in [0.29, 0.717) is 0 Å². The van der Waals surface area contributed by atoms with Gasteiger partial charge in [-0.25, -0.2) is 0 Å². The van der Waals surface area contributed by atoms with Crippen LogP contribution in [-0.2, 0) is 11.2 Å². The van der Waals surface area contributed by atoms with Gasteiger partial charge < -0.3 is 15.6 Å². The quantitative estimate of drug-likeness (QED) is 0.804. The van der Waals surface area contributed by atoms with Gasteiger partial charge in [-0.1, -0.05) is 18.2 Å². The van der Waals surface area contributed by atoms with E-state index in [2.05, 4.69) is 24.8 Å². The summed E-state index contributed by atoms with van der Waals surface area (Å²) >= 11 is 0. The third-order valence-corrected chi connectivity index (χ3v) is 3.51. The third-order valence-electron chi connectivity index (χ3n) is 3.51. The van der Waals surface area contributed by atoms with E-state index in [-0.39, 0.29) is 18.3 Å². The molecule has 1 saturated heterocycles. The van der Waals surface area contributed by atoms with Gasteiger partial charge in [0.05, 0.1) is 18.3 Å². The zero-order valence-corrected chi connectivity index (χ0v) is 11.8. The average molecular weight is 264 g/mol. The number of nitrogen functional groups attached to an aromatic ring is 1. The summed E-state index contributed by atoms with van der Waals surface area (Å²) < 4.78 is 5.81. The summed E-state index contributed by atoms with van der Waals surface area (Å²) in [5, 5.41) is 9.30. The molecular weight excluding hydrogens is 240 g/mol. The summed E-state index contributed by atoms with van der Waals surface area (Å²) in [4.78, 5) is 2.34. The lowest BCUT2D eigenvalue weighted by molar-refractivity contribution is -0.148. The number of ether oxygens (including phenoxy) is 1.